The Bertz CT molecular complexity index is 384. The number of methoxy groups -OCH3 is 1. The molecule has 1 aromatic carbocycles. The van der Waals surface area contributed by atoms with E-state index < -0.39 is 0 Å². The normalized spacial score (nSPS) is 24.1. The van der Waals surface area contributed by atoms with Crippen LogP contribution in [-0.2, 0) is 11.3 Å². The van der Waals surface area contributed by atoms with Crippen molar-refractivity contribution in [3.63, 3.8) is 0 Å². The molecular weight excluding hydrogens is 238 g/mol. The van der Waals surface area contributed by atoms with E-state index in [-0.39, 0.29) is 5.75 Å². The highest BCUT2D eigenvalue weighted by Gasteiger charge is 2.23. The Labute approximate surface area is 107 Å². The molecule has 1 aliphatic carbocycles. The second kappa shape index (κ2) is 5.71. The zero-order chi connectivity index (χ0) is 12.3. The standard InChI is InChI=1S/C13H18ClNO2/c1-17-11-6-5-10(7-11)15-8-9-3-2-4-12(14)13(9)16/h2-4,10-11,15-16H,5-8H2,1H3. The summed E-state index contributed by atoms with van der Waals surface area (Å²) in [5.41, 5.74) is 0.846. The average molecular weight is 256 g/mol. The Hall–Kier alpha value is -0.770. The van der Waals surface area contributed by atoms with E-state index >= 15 is 0 Å². The van der Waals surface area contributed by atoms with Crippen molar-refractivity contribution in [3.05, 3.63) is 28.8 Å². The van der Waals surface area contributed by atoms with Gasteiger partial charge < -0.3 is 15.2 Å². The predicted octanol–water partition coefficient (Wildman–Crippen LogP) is 2.70. The molecule has 0 radical (unpaired) electrons. The number of ether oxygens (including phenoxy) is 1. The zero-order valence-corrected chi connectivity index (χ0v) is 10.7. The highest BCUT2D eigenvalue weighted by Crippen LogP contribution is 2.27. The molecule has 2 atom stereocenters. The van der Waals surface area contributed by atoms with Gasteiger partial charge in [-0.1, -0.05) is 23.7 Å². The van der Waals surface area contributed by atoms with Gasteiger partial charge in [0.15, 0.2) is 0 Å². The van der Waals surface area contributed by atoms with E-state index in [9.17, 15) is 5.11 Å². The van der Waals surface area contributed by atoms with Gasteiger partial charge in [0.2, 0.25) is 0 Å². The molecule has 0 bridgehead atoms. The summed E-state index contributed by atoms with van der Waals surface area (Å²) in [6, 6.07) is 5.90. The van der Waals surface area contributed by atoms with Gasteiger partial charge in [-0.15, -0.1) is 0 Å². The highest BCUT2D eigenvalue weighted by molar-refractivity contribution is 6.32. The molecule has 1 aromatic rings. The molecule has 4 heteroatoms. The van der Waals surface area contributed by atoms with Crippen molar-refractivity contribution in [2.75, 3.05) is 7.11 Å². The number of aromatic hydroxyl groups is 1. The summed E-state index contributed by atoms with van der Waals surface area (Å²) in [4.78, 5) is 0. The van der Waals surface area contributed by atoms with Gasteiger partial charge in [0.25, 0.3) is 0 Å². The number of hydrogen-bond acceptors (Lipinski definition) is 3. The first-order valence-corrected chi connectivity index (χ1v) is 6.31. The van der Waals surface area contributed by atoms with Crippen LogP contribution in [0.5, 0.6) is 5.75 Å². The van der Waals surface area contributed by atoms with Gasteiger partial charge in [-0.05, 0) is 25.3 Å². The van der Waals surface area contributed by atoms with Crippen LogP contribution in [0.4, 0.5) is 0 Å². The molecule has 0 aliphatic heterocycles. The lowest BCUT2D eigenvalue weighted by molar-refractivity contribution is 0.107. The van der Waals surface area contributed by atoms with Crippen molar-refractivity contribution in [3.8, 4) is 5.75 Å². The molecule has 2 rings (SSSR count). The fourth-order valence-electron chi connectivity index (χ4n) is 2.30. The summed E-state index contributed by atoms with van der Waals surface area (Å²) in [6.07, 6.45) is 3.65. The molecule has 0 spiro atoms. The molecule has 0 heterocycles. The maximum atomic E-state index is 9.77. The molecule has 94 valence electrons. The number of nitrogens with one attached hydrogen (secondary N) is 1. The number of phenols is 1. The molecule has 2 unspecified atom stereocenters. The Morgan fingerprint density at radius 2 is 2.29 bits per heavy atom. The Morgan fingerprint density at radius 1 is 1.47 bits per heavy atom. The van der Waals surface area contributed by atoms with Crippen LogP contribution in [0, 0.1) is 0 Å². The third-order valence-electron chi connectivity index (χ3n) is 3.37. The molecule has 0 amide bonds. The molecule has 2 N–H and O–H groups in total. The Kier molecular flexibility index (Phi) is 4.26. The summed E-state index contributed by atoms with van der Waals surface area (Å²) in [7, 11) is 1.76. The summed E-state index contributed by atoms with van der Waals surface area (Å²) in [5.74, 6) is 0.183. The second-order valence-electron chi connectivity index (χ2n) is 4.50. The molecule has 17 heavy (non-hydrogen) atoms. The number of phenolic OH excluding ortho intramolecular Hbond substituents is 1. The Morgan fingerprint density at radius 3 is 3.00 bits per heavy atom. The van der Waals surface area contributed by atoms with E-state index in [1.54, 1.807) is 13.2 Å². The quantitative estimate of drug-likeness (QED) is 0.869. The third kappa shape index (κ3) is 3.12. The zero-order valence-electron chi connectivity index (χ0n) is 9.95. The second-order valence-corrected chi connectivity index (χ2v) is 4.90. The topological polar surface area (TPSA) is 41.5 Å². The third-order valence-corrected chi connectivity index (χ3v) is 3.67. The lowest BCUT2D eigenvalue weighted by Gasteiger charge is -2.13. The van der Waals surface area contributed by atoms with Crippen LogP contribution in [0.15, 0.2) is 18.2 Å². The molecule has 1 aliphatic rings. The first-order chi connectivity index (χ1) is 8.20. The van der Waals surface area contributed by atoms with Crippen LogP contribution < -0.4 is 5.32 Å². The van der Waals surface area contributed by atoms with E-state index in [0.717, 1.165) is 24.8 Å². The fraction of sp³-hybridized carbons (Fsp3) is 0.538. The van der Waals surface area contributed by atoms with Crippen molar-refractivity contribution in [2.24, 2.45) is 0 Å². The summed E-state index contributed by atoms with van der Waals surface area (Å²) >= 11 is 5.86. The van der Waals surface area contributed by atoms with Gasteiger partial charge in [-0.25, -0.2) is 0 Å². The minimum atomic E-state index is 0.183. The highest BCUT2D eigenvalue weighted by atomic mass is 35.5. The van der Waals surface area contributed by atoms with Crippen LogP contribution in [0.25, 0.3) is 0 Å². The maximum Gasteiger partial charge on any atom is 0.138 e. The molecule has 0 aromatic heterocycles. The van der Waals surface area contributed by atoms with Crippen molar-refractivity contribution < 1.29 is 9.84 Å². The minimum absolute atomic E-state index is 0.183. The van der Waals surface area contributed by atoms with Gasteiger partial charge in [-0.3, -0.25) is 0 Å². The van der Waals surface area contributed by atoms with Crippen molar-refractivity contribution in [2.45, 2.75) is 38.0 Å². The number of para-hydroxylation sites is 1. The number of halogens is 1. The largest absolute Gasteiger partial charge is 0.506 e. The lowest BCUT2D eigenvalue weighted by atomic mass is 10.1. The number of hydrogen-bond donors (Lipinski definition) is 2. The minimum Gasteiger partial charge on any atom is -0.506 e. The molecular formula is C13H18ClNO2. The Balaban J connectivity index is 1.88. The monoisotopic (exact) mass is 255 g/mol. The smallest absolute Gasteiger partial charge is 0.138 e. The van der Waals surface area contributed by atoms with E-state index in [4.69, 9.17) is 16.3 Å². The van der Waals surface area contributed by atoms with Crippen LogP contribution in [0.2, 0.25) is 5.02 Å². The summed E-state index contributed by atoms with van der Waals surface area (Å²) < 4.78 is 5.33. The fourth-order valence-corrected chi connectivity index (χ4v) is 2.49. The van der Waals surface area contributed by atoms with Crippen LogP contribution >= 0.6 is 11.6 Å². The number of rotatable bonds is 4. The van der Waals surface area contributed by atoms with E-state index in [1.807, 2.05) is 12.1 Å². The predicted molar refractivity (Wildman–Crippen MR) is 68.4 cm³/mol. The molecule has 1 fully saturated rings. The first-order valence-electron chi connectivity index (χ1n) is 5.93. The SMILES string of the molecule is COC1CCC(NCc2cccc(Cl)c2O)C1. The van der Waals surface area contributed by atoms with Crippen LogP contribution in [0.3, 0.4) is 0 Å². The van der Waals surface area contributed by atoms with Crippen LogP contribution in [0.1, 0.15) is 24.8 Å². The van der Waals surface area contributed by atoms with Gasteiger partial charge in [0, 0.05) is 25.3 Å². The molecule has 1 saturated carbocycles. The number of benzene rings is 1. The van der Waals surface area contributed by atoms with Gasteiger partial charge in [-0.2, -0.15) is 0 Å². The lowest BCUT2D eigenvalue weighted by Crippen LogP contribution is -2.26. The van der Waals surface area contributed by atoms with Gasteiger partial charge in [0.1, 0.15) is 5.75 Å². The summed E-state index contributed by atoms with van der Waals surface area (Å²) in [5, 5.41) is 13.6. The van der Waals surface area contributed by atoms with Crippen molar-refractivity contribution in [1.29, 1.82) is 0 Å². The van der Waals surface area contributed by atoms with Crippen molar-refractivity contribution in [1.82, 2.24) is 5.32 Å². The van der Waals surface area contributed by atoms with Crippen LogP contribution in [-0.4, -0.2) is 24.4 Å². The first kappa shape index (κ1) is 12.7. The molecule has 0 saturated heterocycles. The van der Waals surface area contributed by atoms with E-state index in [1.165, 1.54) is 0 Å². The molecule has 3 nitrogen and oxygen atoms in total. The van der Waals surface area contributed by atoms with Crippen molar-refractivity contribution >= 4 is 11.6 Å². The van der Waals surface area contributed by atoms with E-state index in [2.05, 4.69) is 5.32 Å². The van der Waals surface area contributed by atoms with E-state index in [0.29, 0.717) is 23.7 Å². The maximum absolute atomic E-state index is 9.77. The van der Waals surface area contributed by atoms with Gasteiger partial charge in [0.05, 0.1) is 11.1 Å². The average Bonchev–Trinajstić information content (AvgIpc) is 2.79. The van der Waals surface area contributed by atoms with Gasteiger partial charge >= 0.3 is 0 Å². The summed E-state index contributed by atoms with van der Waals surface area (Å²) in [6.45, 7) is 0.646.